The molecule has 0 radical (unpaired) electrons. The second kappa shape index (κ2) is 5.38. The second-order valence-corrected chi connectivity index (χ2v) is 4.43. The maximum atomic E-state index is 12.8. The van der Waals surface area contributed by atoms with E-state index in [0.29, 0.717) is 30.4 Å². The number of benzene rings is 2. The molecule has 1 aliphatic rings. The Kier molecular flexibility index (Phi) is 3.43. The van der Waals surface area contributed by atoms with Crippen LogP contribution in [-0.4, -0.2) is 6.79 Å². The van der Waals surface area contributed by atoms with Gasteiger partial charge in [-0.15, -0.1) is 0 Å². The predicted octanol–water partition coefficient (Wildman–Crippen LogP) is 2.59. The zero-order chi connectivity index (χ0) is 13.9. The van der Waals surface area contributed by atoms with Gasteiger partial charge >= 0.3 is 0 Å². The van der Waals surface area contributed by atoms with Crippen LogP contribution in [0.2, 0.25) is 0 Å². The smallest absolute Gasteiger partial charge is 0.231 e. The van der Waals surface area contributed by atoms with Crippen molar-refractivity contribution in [3.63, 3.8) is 0 Å². The van der Waals surface area contributed by atoms with Crippen LogP contribution in [0.1, 0.15) is 11.1 Å². The zero-order valence-corrected chi connectivity index (χ0v) is 10.8. The van der Waals surface area contributed by atoms with Crippen molar-refractivity contribution in [3.05, 3.63) is 53.3 Å². The van der Waals surface area contributed by atoms with Crippen LogP contribution in [0.5, 0.6) is 17.2 Å². The Morgan fingerprint density at radius 3 is 2.50 bits per heavy atom. The molecule has 0 aromatic heterocycles. The van der Waals surface area contributed by atoms with E-state index in [4.69, 9.17) is 19.9 Å². The lowest BCUT2D eigenvalue weighted by molar-refractivity contribution is 0.173. The summed E-state index contributed by atoms with van der Waals surface area (Å²) in [6.07, 6.45) is 0. The molecule has 0 fully saturated rings. The SMILES string of the molecule is NCc1cc2c(cc1OCc1ccc(F)cc1)OCO2. The Balaban J connectivity index is 1.78. The molecule has 0 amide bonds. The van der Waals surface area contributed by atoms with Gasteiger partial charge in [0.15, 0.2) is 11.5 Å². The Morgan fingerprint density at radius 1 is 1.10 bits per heavy atom. The number of rotatable bonds is 4. The van der Waals surface area contributed by atoms with E-state index < -0.39 is 0 Å². The summed E-state index contributed by atoms with van der Waals surface area (Å²) in [5.74, 6) is 1.72. The van der Waals surface area contributed by atoms with E-state index in [0.717, 1.165) is 11.1 Å². The first-order valence-electron chi connectivity index (χ1n) is 6.26. The van der Waals surface area contributed by atoms with Gasteiger partial charge in [0, 0.05) is 18.2 Å². The van der Waals surface area contributed by atoms with E-state index in [1.165, 1.54) is 12.1 Å². The fraction of sp³-hybridized carbons (Fsp3) is 0.200. The quantitative estimate of drug-likeness (QED) is 0.931. The maximum absolute atomic E-state index is 12.8. The van der Waals surface area contributed by atoms with E-state index in [1.807, 2.05) is 6.07 Å². The molecule has 104 valence electrons. The van der Waals surface area contributed by atoms with Crippen LogP contribution in [0.25, 0.3) is 0 Å². The number of nitrogens with two attached hydrogens (primary N) is 1. The summed E-state index contributed by atoms with van der Waals surface area (Å²) in [6, 6.07) is 9.77. The summed E-state index contributed by atoms with van der Waals surface area (Å²) < 4.78 is 29.2. The molecule has 0 bridgehead atoms. The molecule has 2 aromatic rings. The third-order valence-corrected chi connectivity index (χ3v) is 3.08. The van der Waals surface area contributed by atoms with E-state index >= 15 is 0 Å². The standard InChI is InChI=1S/C15H14FNO3/c16-12-3-1-10(2-4-12)8-18-13-6-15-14(19-9-20-15)5-11(13)7-17/h1-6H,7-9,17H2. The molecule has 1 heterocycles. The van der Waals surface area contributed by atoms with Gasteiger partial charge in [0.1, 0.15) is 18.2 Å². The molecule has 0 saturated heterocycles. The van der Waals surface area contributed by atoms with Gasteiger partial charge in [-0.1, -0.05) is 12.1 Å². The maximum Gasteiger partial charge on any atom is 0.231 e. The first kappa shape index (κ1) is 12.7. The fourth-order valence-electron chi connectivity index (χ4n) is 2.00. The van der Waals surface area contributed by atoms with E-state index in [9.17, 15) is 4.39 Å². The Hall–Kier alpha value is -2.27. The molecular weight excluding hydrogens is 261 g/mol. The molecule has 0 atom stereocenters. The molecule has 2 N–H and O–H groups in total. The molecule has 20 heavy (non-hydrogen) atoms. The molecule has 0 aliphatic carbocycles. The third-order valence-electron chi connectivity index (χ3n) is 3.08. The number of fused-ring (bicyclic) bond motifs is 1. The van der Waals surface area contributed by atoms with Crippen LogP contribution >= 0.6 is 0 Å². The third kappa shape index (κ3) is 2.53. The second-order valence-electron chi connectivity index (χ2n) is 4.43. The van der Waals surface area contributed by atoms with E-state index in [-0.39, 0.29) is 12.6 Å². The van der Waals surface area contributed by atoms with Crippen molar-refractivity contribution in [1.29, 1.82) is 0 Å². The first-order valence-corrected chi connectivity index (χ1v) is 6.26. The van der Waals surface area contributed by atoms with Gasteiger partial charge in [0.2, 0.25) is 6.79 Å². The molecule has 0 saturated carbocycles. The van der Waals surface area contributed by atoms with Crippen molar-refractivity contribution in [2.45, 2.75) is 13.2 Å². The van der Waals surface area contributed by atoms with Gasteiger partial charge in [-0.3, -0.25) is 0 Å². The van der Waals surface area contributed by atoms with Crippen LogP contribution in [0.15, 0.2) is 36.4 Å². The molecule has 0 spiro atoms. The van der Waals surface area contributed by atoms with Crippen molar-refractivity contribution in [2.24, 2.45) is 5.73 Å². The minimum atomic E-state index is -0.264. The highest BCUT2D eigenvalue weighted by molar-refractivity contribution is 5.51. The van der Waals surface area contributed by atoms with Gasteiger partial charge in [0.25, 0.3) is 0 Å². The highest BCUT2D eigenvalue weighted by Crippen LogP contribution is 2.38. The summed E-state index contributed by atoms with van der Waals surface area (Å²) in [6.45, 7) is 0.892. The summed E-state index contributed by atoms with van der Waals surface area (Å²) in [5, 5.41) is 0. The molecule has 2 aromatic carbocycles. The fourth-order valence-corrected chi connectivity index (χ4v) is 2.00. The summed E-state index contributed by atoms with van der Waals surface area (Å²) in [4.78, 5) is 0. The van der Waals surface area contributed by atoms with Crippen molar-refractivity contribution < 1.29 is 18.6 Å². The van der Waals surface area contributed by atoms with Crippen LogP contribution in [-0.2, 0) is 13.2 Å². The monoisotopic (exact) mass is 275 g/mol. The summed E-state index contributed by atoms with van der Waals surface area (Å²) in [7, 11) is 0. The van der Waals surface area contributed by atoms with Crippen LogP contribution < -0.4 is 19.9 Å². The van der Waals surface area contributed by atoms with Gasteiger partial charge in [-0.05, 0) is 23.8 Å². The Morgan fingerprint density at radius 2 is 1.80 bits per heavy atom. The van der Waals surface area contributed by atoms with Gasteiger partial charge < -0.3 is 19.9 Å². The topological polar surface area (TPSA) is 53.7 Å². The highest BCUT2D eigenvalue weighted by atomic mass is 19.1. The van der Waals surface area contributed by atoms with Crippen LogP contribution in [0.4, 0.5) is 4.39 Å². The van der Waals surface area contributed by atoms with Crippen LogP contribution in [0, 0.1) is 5.82 Å². The molecule has 0 unspecified atom stereocenters. The van der Waals surface area contributed by atoms with Crippen molar-refractivity contribution in [1.82, 2.24) is 0 Å². The molecule has 1 aliphatic heterocycles. The zero-order valence-electron chi connectivity index (χ0n) is 10.8. The minimum absolute atomic E-state index is 0.209. The molecule has 3 rings (SSSR count). The number of hydrogen-bond donors (Lipinski definition) is 1. The molecule has 5 heteroatoms. The van der Waals surface area contributed by atoms with Crippen LogP contribution in [0.3, 0.4) is 0 Å². The van der Waals surface area contributed by atoms with E-state index in [1.54, 1.807) is 18.2 Å². The van der Waals surface area contributed by atoms with E-state index in [2.05, 4.69) is 0 Å². The average Bonchev–Trinajstić information content (AvgIpc) is 2.92. The minimum Gasteiger partial charge on any atom is -0.488 e. The van der Waals surface area contributed by atoms with Crippen molar-refractivity contribution in [2.75, 3.05) is 6.79 Å². The number of ether oxygens (including phenoxy) is 3. The lowest BCUT2D eigenvalue weighted by Gasteiger charge is -2.11. The highest BCUT2D eigenvalue weighted by Gasteiger charge is 2.17. The Bertz CT molecular complexity index is 613. The lowest BCUT2D eigenvalue weighted by Crippen LogP contribution is -2.03. The molecule has 4 nitrogen and oxygen atoms in total. The lowest BCUT2D eigenvalue weighted by atomic mass is 10.1. The van der Waals surface area contributed by atoms with Gasteiger partial charge in [-0.2, -0.15) is 0 Å². The number of hydrogen-bond acceptors (Lipinski definition) is 4. The number of halogens is 1. The summed E-state index contributed by atoms with van der Waals surface area (Å²) >= 11 is 0. The largest absolute Gasteiger partial charge is 0.488 e. The average molecular weight is 275 g/mol. The molecular formula is C15H14FNO3. The normalized spacial score (nSPS) is 12.5. The summed E-state index contributed by atoms with van der Waals surface area (Å²) in [5.41, 5.74) is 7.43. The Labute approximate surface area is 115 Å². The van der Waals surface area contributed by atoms with Crippen molar-refractivity contribution in [3.8, 4) is 17.2 Å². The van der Waals surface area contributed by atoms with Gasteiger partial charge in [0.05, 0.1) is 0 Å². The predicted molar refractivity (Wildman–Crippen MR) is 71.2 cm³/mol. The first-order chi connectivity index (χ1) is 9.76. The van der Waals surface area contributed by atoms with Gasteiger partial charge in [-0.25, -0.2) is 4.39 Å². The van der Waals surface area contributed by atoms with Crippen molar-refractivity contribution >= 4 is 0 Å².